The topological polar surface area (TPSA) is 103 Å². The van der Waals surface area contributed by atoms with Crippen molar-refractivity contribution in [2.75, 3.05) is 24.6 Å². The Labute approximate surface area is 167 Å². The monoisotopic (exact) mass is 404 g/mol. The van der Waals surface area contributed by atoms with Gasteiger partial charge in [0, 0.05) is 30.7 Å². The first kappa shape index (κ1) is 19.8. The maximum absolute atomic E-state index is 15.1. The Balaban J connectivity index is 1.81. The molecule has 0 spiro atoms. The minimum Gasteiger partial charge on any atom is -0.477 e. The van der Waals surface area contributed by atoms with Crippen molar-refractivity contribution in [1.82, 2.24) is 4.57 Å². The fourth-order valence-electron chi connectivity index (χ4n) is 4.51. The quantitative estimate of drug-likeness (QED) is 0.705. The molecule has 7 nitrogen and oxygen atoms in total. The van der Waals surface area contributed by atoms with Crippen LogP contribution in [0.15, 0.2) is 17.1 Å². The molecule has 1 atom stereocenters. The van der Waals surface area contributed by atoms with Gasteiger partial charge in [0.15, 0.2) is 0 Å². The second-order valence-corrected chi connectivity index (χ2v) is 8.12. The van der Waals surface area contributed by atoms with Crippen LogP contribution in [0.3, 0.4) is 0 Å². The molecule has 156 valence electrons. The number of carboxylic acids is 1. The molecule has 3 N–H and O–H groups in total. The van der Waals surface area contributed by atoms with Crippen molar-refractivity contribution in [1.29, 1.82) is 0 Å². The van der Waals surface area contributed by atoms with Crippen molar-refractivity contribution >= 4 is 22.6 Å². The molecular weight excluding hydrogens is 379 g/mol. The molecule has 0 radical (unpaired) electrons. The van der Waals surface area contributed by atoms with E-state index in [4.69, 9.17) is 5.11 Å². The number of aromatic nitrogens is 1. The van der Waals surface area contributed by atoms with Crippen LogP contribution in [-0.2, 0) is 0 Å². The van der Waals surface area contributed by atoms with E-state index in [9.17, 15) is 19.8 Å². The summed E-state index contributed by atoms with van der Waals surface area (Å²) in [6, 6.07) is 1.29. The summed E-state index contributed by atoms with van der Waals surface area (Å²) >= 11 is 0. The van der Waals surface area contributed by atoms with E-state index in [1.165, 1.54) is 12.3 Å². The number of aliphatic hydroxyl groups excluding tert-OH is 2. The van der Waals surface area contributed by atoms with Gasteiger partial charge in [-0.3, -0.25) is 4.79 Å². The van der Waals surface area contributed by atoms with E-state index in [-0.39, 0.29) is 29.5 Å². The zero-order valence-electron chi connectivity index (χ0n) is 16.3. The predicted octanol–water partition coefficient (Wildman–Crippen LogP) is 2.05. The van der Waals surface area contributed by atoms with Crippen molar-refractivity contribution in [2.24, 2.45) is 5.92 Å². The number of aryl methyl sites for hydroxylation is 1. The highest BCUT2D eigenvalue weighted by Gasteiger charge is 2.31. The summed E-state index contributed by atoms with van der Waals surface area (Å²) in [4.78, 5) is 26.1. The third-order valence-electron chi connectivity index (χ3n) is 6.24. The number of aromatic carboxylic acids is 1. The van der Waals surface area contributed by atoms with Crippen LogP contribution in [0.25, 0.3) is 10.9 Å². The third kappa shape index (κ3) is 3.40. The Hall–Kier alpha value is -2.45. The first-order valence-electron chi connectivity index (χ1n) is 9.98. The number of benzene rings is 1. The van der Waals surface area contributed by atoms with Crippen molar-refractivity contribution in [3.8, 4) is 0 Å². The highest BCUT2D eigenvalue weighted by atomic mass is 19.1. The third-order valence-corrected chi connectivity index (χ3v) is 6.24. The Morgan fingerprint density at radius 2 is 1.93 bits per heavy atom. The summed E-state index contributed by atoms with van der Waals surface area (Å²) in [6.07, 6.45) is 3.68. The summed E-state index contributed by atoms with van der Waals surface area (Å²) in [6.45, 7) is 2.56. The SMILES string of the molecule is Cc1c(N2CCC(C(O)CO)CC2)c(F)cc2c(=O)c(C(=O)O)cn(C3CC3)c12. The van der Waals surface area contributed by atoms with E-state index in [2.05, 4.69) is 0 Å². The van der Waals surface area contributed by atoms with Crippen LogP contribution in [0, 0.1) is 18.7 Å². The molecule has 1 aliphatic carbocycles. The van der Waals surface area contributed by atoms with Gasteiger partial charge in [-0.1, -0.05) is 0 Å². The number of carboxylic acid groups (broad SMARTS) is 1. The van der Waals surface area contributed by atoms with E-state index in [1.54, 1.807) is 6.92 Å². The molecule has 1 unspecified atom stereocenters. The lowest BCUT2D eigenvalue weighted by atomic mass is 9.91. The van der Waals surface area contributed by atoms with Gasteiger partial charge in [-0.2, -0.15) is 0 Å². The van der Waals surface area contributed by atoms with Crippen LogP contribution in [0.1, 0.15) is 47.6 Å². The second-order valence-electron chi connectivity index (χ2n) is 8.12. The number of hydrogen-bond acceptors (Lipinski definition) is 5. The fraction of sp³-hybridized carbons (Fsp3) is 0.524. The molecule has 2 aromatic rings. The van der Waals surface area contributed by atoms with Gasteiger partial charge >= 0.3 is 5.97 Å². The number of fused-ring (bicyclic) bond motifs is 1. The van der Waals surface area contributed by atoms with Gasteiger partial charge in [0.25, 0.3) is 0 Å². The number of piperidine rings is 1. The molecule has 2 fully saturated rings. The molecule has 8 heteroatoms. The maximum Gasteiger partial charge on any atom is 0.341 e. The van der Waals surface area contributed by atoms with Gasteiger partial charge in [0.05, 0.1) is 23.9 Å². The smallest absolute Gasteiger partial charge is 0.341 e. The van der Waals surface area contributed by atoms with Gasteiger partial charge in [-0.05, 0) is 50.2 Å². The molecule has 1 aromatic carbocycles. The van der Waals surface area contributed by atoms with Crippen LogP contribution in [-0.4, -0.2) is 51.7 Å². The van der Waals surface area contributed by atoms with Crippen LogP contribution in [0.5, 0.6) is 0 Å². The molecule has 1 saturated heterocycles. The lowest BCUT2D eigenvalue weighted by Gasteiger charge is -2.36. The number of rotatable bonds is 5. The average Bonchev–Trinajstić information content (AvgIpc) is 3.53. The number of halogens is 1. The largest absolute Gasteiger partial charge is 0.477 e. The van der Waals surface area contributed by atoms with Crippen LogP contribution in [0.2, 0.25) is 0 Å². The number of pyridine rings is 1. The summed E-state index contributed by atoms with van der Waals surface area (Å²) in [7, 11) is 0. The maximum atomic E-state index is 15.1. The van der Waals surface area contributed by atoms with Crippen molar-refractivity contribution in [3.63, 3.8) is 0 Å². The summed E-state index contributed by atoms with van der Waals surface area (Å²) < 4.78 is 16.9. The van der Waals surface area contributed by atoms with Crippen LogP contribution in [0.4, 0.5) is 10.1 Å². The molecule has 0 amide bonds. The average molecular weight is 404 g/mol. The van der Waals surface area contributed by atoms with Crippen LogP contribution < -0.4 is 10.3 Å². The Kier molecular flexibility index (Phi) is 5.08. The molecule has 1 saturated carbocycles. The lowest BCUT2D eigenvalue weighted by molar-refractivity contribution is 0.0376. The minimum absolute atomic E-state index is 0.0251. The van der Waals surface area contributed by atoms with E-state index in [1.807, 2.05) is 9.47 Å². The lowest BCUT2D eigenvalue weighted by Crippen LogP contribution is -2.39. The number of anilines is 1. The van der Waals surface area contributed by atoms with Gasteiger partial charge < -0.3 is 24.8 Å². The van der Waals surface area contributed by atoms with Gasteiger partial charge in [0.1, 0.15) is 11.4 Å². The van der Waals surface area contributed by atoms with E-state index in [0.717, 1.165) is 12.8 Å². The van der Waals surface area contributed by atoms with Gasteiger partial charge in [0.2, 0.25) is 5.43 Å². The van der Waals surface area contributed by atoms with Crippen molar-refractivity contribution < 1.29 is 24.5 Å². The van der Waals surface area contributed by atoms with E-state index < -0.39 is 23.3 Å². The van der Waals surface area contributed by atoms with Crippen LogP contribution >= 0.6 is 0 Å². The summed E-state index contributed by atoms with van der Waals surface area (Å²) in [5, 5.41) is 28.5. The normalized spacial score (nSPS) is 19.0. The number of aliphatic hydroxyl groups is 2. The molecule has 4 rings (SSSR count). The fourth-order valence-corrected chi connectivity index (χ4v) is 4.51. The Morgan fingerprint density at radius 1 is 1.28 bits per heavy atom. The minimum atomic E-state index is -1.31. The molecular formula is C21H25FN2O5. The zero-order chi connectivity index (χ0) is 20.9. The molecule has 1 aliphatic heterocycles. The number of carbonyl (C=O) groups is 1. The predicted molar refractivity (Wildman–Crippen MR) is 106 cm³/mol. The Bertz CT molecular complexity index is 1020. The first-order valence-corrected chi connectivity index (χ1v) is 9.98. The molecule has 0 bridgehead atoms. The van der Waals surface area contributed by atoms with E-state index >= 15 is 4.39 Å². The number of hydrogen-bond donors (Lipinski definition) is 3. The van der Waals surface area contributed by atoms with Gasteiger partial charge in [-0.25, -0.2) is 9.18 Å². The zero-order valence-corrected chi connectivity index (χ0v) is 16.3. The Morgan fingerprint density at radius 3 is 2.48 bits per heavy atom. The standard InChI is InChI=1S/C21H25FN2O5/c1-11-18-14(20(27)15(21(28)29)9-24(18)13-2-3-13)8-16(22)19(11)23-6-4-12(5-7-23)17(26)10-25/h8-9,12-13,17,25-26H,2-7,10H2,1H3,(H,28,29). The summed E-state index contributed by atoms with van der Waals surface area (Å²) in [5.41, 5.74) is 0.641. The van der Waals surface area contributed by atoms with E-state index in [0.29, 0.717) is 42.7 Å². The second kappa shape index (κ2) is 7.42. The van der Waals surface area contributed by atoms with Crippen molar-refractivity contribution in [2.45, 2.75) is 44.8 Å². The molecule has 2 heterocycles. The highest BCUT2D eigenvalue weighted by molar-refractivity contribution is 5.95. The first-order chi connectivity index (χ1) is 13.8. The highest BCUT2D eigenvalue weighted by Crippen LogP contribution is 2.40. The van der Waals surface area contributed by atoms with Crippen molar-refractivity contribution in [3.05, 3.63) is 39.4 Å². The summed E-state index contributed by atoms with van der Waals surface area (Å²) in [5.74, 6) is -1.88. The number of nitrogens with zero attached hydrogens (tertiary/aromatic N) is 2. The molecule has 29 heavy (non-hydrogen) atoms. The molecule has 2 aliphatic rings. The van der Waals surface area contributed by atoms with Gasteiger partial charge in [-0.15, -0.1) is 0 Å². The molecule has 1 aromatic heterocycles.